The SMILES string of the molecule is CC(=O)Nc1ccc(C=CC(=O)N2CCCc3cc(F)cc(F)c32)cc1. The molecule has 0 aliphatic carbocycles. The lowest BCUT2D eigenvalue weighted by atomic mass is 10.0. The van der Waals surface area contributed by atoms with Gasteiger partial charge in [-0.25, -0.2) is 8.78 Å². The summed E-state index contributed by atoms with van der Waals surface area (Å²) in [6, 6.07) is 9.05. The number of halogens is 2. The van der Waals surface area contributed by atoms with E-state index in [2.05, 4.69) is 5.32 Å². The van der Waals surface area contributed by atoms with Crippen LogP contribution >= 0.6 is 0 Å². The minimum absolute atomic E-state index is 0.160. The van der Waals surface area contributed by atoms with Crippen LogP contribution in [0.2, 0.25) is 0 Å². The van der Waals surface area contributed by atoms with Crippen LogP contribution < -0.4 is 10.2 Å². The van der Waals surface area contributed by atoms with Gasteiger partial charge in [0.2, 0.25) is 5.91 Å². The number of hydrogen-bond acceptors (Lipinski definition) is 2. The Kier molecular flexibility index (Phi) is 5.11. The summed E-state index contributed by atoms with van der Waals surface area (Å²) in [5.74, 6) is -1.88. The fourth-order valence-electron chi connectivity index (χ4n) is 3.01. The molecule has 1 aliphatic rings. The Morgan fingerprint density at radius 3 is 2.58 bits per heavy atom. The van der Waals surface area contributed by atoms with Crippen LogP contribution in [-0.2, 0) is 16.0 Å². The molecule has 4 nitrogen and oxygen atoms in total. The molecule has 134 valence electrons. The normalized spacial score (nSPS) is 13.6. The lowest BCUT2D eigenvalue weighted by Gasteiger charge is -2.29. The molecule has 0 radical (unpaired) electrons. The number of carbonyl (C=O) groups excluding carboxylic acids is 2. The van der Waals surface area contributed by atoms with Crippen LogP contribution in [0.25, 0.3) is 6.08 Å². The van der Waals surface area contributed by atoms with Crippen molar-refractivity contribution in [1.29, 1.82) is 0 Å². The molecule has 1 aliphatic heterocycles. The molecule has 1 heterocycles. The van der Waals surface area contributed by atoms with Gasteiger partial charge in [0.25, 0.3) is 5.91 Å². The highest BCUT2D eigenvalue weighted by molar-refractivity contribution is 6.04. The molecule has 0 saturated carbocycles. The Bertz CT molecular complexity index is 876. The van der Waals surface area contributed by atoms with E-state index in [4.69, 9.17) is 0 Å². The standard InChI is InChI=1S/C20H18F2N2O2/c1-13(25)23-17-7-4-14(5-8-17)6-9-19(26)24-10-2-3-15-11-16(21)12-18(22)20(15)24/h4-9,11-12H,2-3,10H2,1H3,(H,23,25). The van der Waals surface area contributed by atoms with Crippen molar-refractivity contribution in [3.8, 4) is 0 Å². The number of rotatable bonds is 3. The van der Waals surface area contributed by atoms with Gasteiger partial charge >= 0.3 is 0 Å². The summed E-state index contributed by atoms with van der Waals surface area (Å²) >= 11 is 0. The topological polar surface area (TPSA) is 49.4 Å². The summed E-state index contributed by atoms with van der Waals surface area (Å²) in [6.45, 7) is 1.81. The summed E-state index contributed by atoms with van der Waals surface area (Å²) in [6.07, 6.45) is 4.18. The second-order valence-corrected chi connectivity index (χ2v) is 6.13. The van der Waals surface area contributed by atoms with Crippen LogP contribution in [0.15, 0.2) is 42.5 Å². The van der Waals surface area contributed by atoms with Crippen LogP contribution in [0.3, 0.4) is 0 Å². The maximum absolute atomic E-state index is 14.2. The predicted molar refractivity (Wildman–Crippen MR) is 96.8 cm³/mol. The average molecular weight is 356 g/mol. The summed E-state index contributed by atoms with van der Waals surface area (Å²) in [4.78, 5) is 24.9. The lowest BCUT2D eigenvalue weighted by molar-refractivity contribution is -0.115. The average Bonchev–Trinajstić information content (AvgIpc) is 2.59. The fourth-order valence-corrected chi connectivity index (χ4v) is 3.01. The Morgan fingerprint density at radius 2 is 1.88 bits per heavy atom. The van der Waals surface area contributed by atoms with Gasteiger partial charge < -0.3 is 10.2 Å². The predicted octanol–water partition coefficient (Wildman–Crippen LogP) is 3.92. The van der Waals surface area contributed by atoms with E-state index in [-0.39, 0.29) is 17.5 Å². The molecular formula is C20H18F2N2O2. The zero-order valence-corrected chi connectivity index (χ0v) is 14.3. The monoisotopic (exact) mass is 356 g/mol. The van der Waals surface area contributed by atoms with Crippen LogP contribution in [0.5, 0.6) is 0 Å². The number of fused-ring (bicyclic) bond motifs is 1. The smallest absolute Gasteiger partial charge is 0.251 e. The third-order valence-corrected chi connectivity index (χ3v) is 4.12. The van der Waals surface area contributed by atoms with Gasteiger partial charge in [0.05, 0.1) is 5.69 Å². The van der Waals surface area contributed by atoms with Crippen molar-refractivity contribution in [1.82, 2.24) is 0 Å². The number of aryl methyl sites for hydroxylation is 1. The Labute approximate surface area is 150 Å². The third kappa shape index (κ3) is 3.96. The molecular weight excluding hydrogens is 338 g/mol. The number of anilines is 2. The zero-order valence-electron chi connectivity index (χ0n) is 14.3. The number of carbonyl (C=O) groups is 2. The van der Waals surface area contributed by atoms with Gasteiger partial charge in [0.15, 0.2) is 0 Å². The first-order valence-electron chi connectivity index (χ1n) is 8.29. The summed E-state index contributed by atoms with van der Waals surface area (Å²) in [7, 11) is 0. The fraction of sp³-hybridized carbons (Fsp3) is 0.200. The van der Waals surface area contributed by atoms with E-state index in [9.17, 15) is 18.4 Å². The maximum atomic E-state index is 14.2. The second-order valence-electron chi connectivity index (χ2n) is 6.13. The van der Waals surface area contributed by atoms with Crippen LogP contribution in [0, 0.1) is 11.6 Å². The van der Waals surface area contributed by atoms with E-state index >= 15 is 0 Å². The first-order valence-corrected chi connectivity index (χ1v) is 8.29. The van der Waals surface area contributed by atoms with E-state index in [1.165, 1.54) is 24.0 Å². The van der Waals surface area contributed by atoms with Gasteiger partial charge in [-0.1, -0.05) is 12.1 Å². The number of hydrogen-bond donors (Lipinski definition) is 1. The van der Waals surface area contributed by atoms with Gasteiger partial charge in [-0.3, -0.25) is 9.59 Å². The molecule has 1 N–H and O–H groups in total. The van der Waals surface area contributed by atoms with Crippen LogP contribution in [0.1, 0.15) is 24.5 Å². The van der Waals surface area contributed by atoms with Crippen molar-refractivity contribution in [2.24, 2.45) is 0 Å². The van der Waals surface area contributed by atoms with Crippen LogP contribution in [-0.4, -0.2) is 18.4 Å². The number of benzene rings is 2. The molecule has 0 unspecified atom stereocenters. The third-order valence-electron chi connectivity index (χ3n) is 4.12. The maximum Gasteiger partial charge on any atom is 0.251 e. The Hall–Kier alpha value is -3.02. The molecule has 0 fully saturated rings. The van der Waals surface area contributed by atoms with Crippen molar-refractivity contribution in [2.75, 3.05) is 16.8 Å². The van der Waals surface area contributed by atoms with Gasteiger partial charge in [-0.05, 0) is 48.2 Å². The van der Waals surface area contributed by atoms with E-state index in [0.717, 1.165) is 11.6 Å². The van der Waals surface area contributed by atoms with Crippen molar-refractivity contribution in [2.45, 2.75) is 19.8 Å². The highest BCUT2D eigenvalue weighted by Gasteiger charge is 2.25. The van der Waals surface area contributed by atoms with E-state index in [1.54, 1.807) is 30.3 Å². The highest BCUT2D eigenvalue weighted by Crippen LogP contribution is 2.31. The lowest BCUT2D eigenvalue weighted by Crippen LogP contribution is -2.35. The van der Waals surface area contributed by atoms with Crippen molar-refractivity contribution < 1.29 is 18.4 Å². The van der Waals surface area contributed by atoms with Gasteiger partial charge in [-0.15, -0.1) is 0 Å². The first-order chi connectivity index (χ1) is 12.4. The first kappa shape index (κ1) is 17.8. The van der Waals surface area contributed by atoms with Crippen molar-refractivity contribution in [3.05, 3.63) is 65.2 Å². The molecule has 0 spiro atoms. The molecule has 2 amide bonds. The minimum Gasteiger partial charge on any atom is -0.326 e. The largest absolute Gasteiger partial charge is 0.326 e. The van der Waals surface area contributed by atoms with Gasteiger partial charge in [-0.2, -0.15) is 0 Å². The molecule has 0 bridgehead atoms. The second kappa shape index (κ2) is 7.47. The molecule has 0 atom stereocenters. The highest BCUT2D eigenvalue weighted by atomic mass is 19.1. The quantitative estimate of drug-likeness (QED) is 0.848. The van der Waals surface area contributed by atoms with Crippen LogP contribution in [0.4, 0.5) is 20.2 Å². The molecule has 6 heteroatoms. The minimum atomic E-state index is -0.721. The Morgan fingerprint density at radius 1 is 1.15 bits per heavy atom. The molecule has 26 heavy (non-hydrogen) atoms. The summed E-state index contributed by atoms with van der Waals surface area (Å²) < 4.78 is 27.5. The molecule has 0 saturated heterocycles. The number of amides is 2. The van der Waals surface area contributed by atoms with Crippen molar-refractivity contribution >= 4 is 29.3 Å². The molecule has 2 aromatic rings. The number of nitrogens with one attached hydrogen (secondary N) is 1. The molecule has 3 rings (SSSR count). The molecule has 2 aromatic carbocycles. The van der Waals surface area contributed by atoms with E-state index in [1.807, 2.05) is 0 Å². The van der Waals surface area contributed by atoms with Crippen molar-refractivity contribution in [3.63, 3.8) is 0 Å². The Balaban J connectivity index is 1.77. The van der Waals surface area contributed by atoms with Gasteiger partial charge in [0, 0.05) is 31.3 Å². The number of nitrogens with zero attached hydrogens (tertiary/aromatic N) is 1. The zero-order chi connectivity index (χ0) is 18.7. The van der Waals surface area contributed by atoms with Gasteiger partial charge in [0.1, 0.15) is 11.6 Å². The van der Waals surface area contributed by atoms with E-state index in [0.29, 0.717) is 30.6 Å². The molecule has 0 aromatic heterocycles. The van der Waals surface area contributed by atoms with E-state index < -0.39 is 11.6 Å². The summed E-state index contributed by atoms with van der Waals surface area (Å²) in [5.41, 5.74) is 2.10. The summed E-state index contributed by atoms with van der Waals surface area (Å²) in [5, 5.41) is 2.66.